The van der Waals surface area contributed by atoms with Crippen molar-refractivity contribution in [1.82, 2.24) is 0 Å². The van der Waals surface area contributed by atoms with E-state index in [1.165, 1.54) is 0 Å². The summed E-state index contributed by atoms with van der Waals surface area (Å²) in [5.74, 6) is -4.36. The van der Waals surface area contributed by atoms with Gasteiger partial charge in [-0.25, -0.2) is 13.6 Å². The average Bonchev–Trinajstić information content (AvgIpc) is 3.22. The molecular weight excluding hydrogens is 306 g/mol. The van der Waals surface area contributed by atoms with E-state index in [9.17, 15) is 13.6 Å². The van der Waals surface area contributed by atoms with E-state index in [4.69, 9.17) is 21.4 Å². The molecule has 1 fully saturated rings. The molecule has 21 heavy (non-hydrogen) atoms. The van der Waals surface area contributed by atoms with E-state index in [-0.39, 0.29) is 13.0 Å². The van der Waals surface area contributed by atoms with E-state index in [2.05, 4.69) is 4.74 Å². The summed E-state index contributed by atoms with van der Waals surface area (Å²) in [5, 5.41) is 9.36. The van der Waals surface area contributed by atoms with Crippen LogP contribution in [0.1, 0.15) is 19.3 Å². The Morgan fingerprint density at radius 1 is 1.38 bits per heavy atom. The van der Waals surface area contributed by atoms with Gasteiger partial charge in [0.15, 0.2) is 0 Å². The second-order valence-electron chi connectivity index (χ2n) is 4.88. The van der Waals surface area contributed by atoms with Gasteiger partial charge in [0.25, 0.3) is 11.5 Å². The Balaban J connectivity index is 1.70. The summed E-state index contributed by atoms with van der Waals surface area (Å²) in [4.78, 5) is 10.8. The SMILES string of the molecule is O=C(O)C1(C(F)(F)CCCCOc2ccc(Cl)cc2)CO1. The van der Waals surface area contributed by atoms with Crippen molar-refractivity contribution in [3.8, 4) is 5.75 Å². The molecule has 1 saturated heterocycles. The lowest BCUT2D eigenvalue weighted by Gasteiger charge is -2.20. The second kappa shape index (κ2) is 6.15. The Hall–Kier alpha value is -1.40. The van der Waals surface area contributed by atoms with E-state index in [1.807, 2.05) is 0 Å². The zero-order valence-electron chi connectivity index (χ0n) is 11.2. The lowest BCUT2D eigenvalue weighted by molar-refractivity contribution is -0.162. The second-order valence-corrected chi connectivity index (χ2v) is 5.32. The maximum atomic E-state index is 13.7. The number of alkyl halides is 2. The molecule has 0 saturated carbocycles. The van der Waals surface area contributed by atoms with E-state index in [0.717, 1.165) is 0 Å². The van der Waals surface area contributed by atoms with Crippen molar-refractivity contribution in [3.05, 3.63) is 29.3 Å². The molecule has 1 aliphatic rings. The van der Waals surface area contributed by atoms with Crippen LogP contribution in [0.2, 0.25) is 5.02 Å². The van der Waals surface area contributed by atoms with Crippen molar-refractivity contribution in [3.63, 3.8) is 0 Å². The Morgan fingerprint density at radius 2 is 2.00 bits per heavy atom. The zero-order chi connectivity index (χ0) is 15.5. The minimum atomic E-state index is -3.36. The van der Waals surface area contributed by atoms with Gasteiger partial charge in [0.05, 0.1) is 13.2 Å². The van der Waals surface area contributed by atoms with Crippen LogP contribution in [0.15, 0.2) is 24.3 Å². The molecule has 1 aliphatic heterocycles. The van der Waals surface area contributed by atoms with Crippen LogP contribution in [0.3, 0.4) is 0 Å². The average molecular weight is 321 g/mol. The Bertz CT molecular complexity index is 500. The van der Waals surface area contributed by atoms with Crippen molar-refractivity contribution in [2.75, 3.05) is 13.2 Å². The first-order valence-corrected chi connectivity index (χ1v) is 6.89. The summed E-state index contributed by atoms with van der Waals surface area (Å²) in [5.41, 5.74) is -2.32. The molecule has 116 valence electrons. The van der Waals surface area contributed by atoms with Gasteiger partial charge < -0.3 is 14.6 Å². The molecule has 0 aliphatic carbocycles. The number of epoxide rings is 1. The van der Waals surface area contributed by atoms with Gasteiger partial charge in [0, 0.05) is 11.4 Å². The number of aliphatic carboxylic acids is 1. The van der Waals surface area contributed by atoms with Crippen LogP contribution >= 0.6 is 11.6 Å². The minimum Gasteiger partial charge on any atom is -0.494 e. The van der Waals surface area contributed by atoms with Gasteiger partial charge in [-0.2, -0.15) is 0 Å². The third-order valence-corrected chi connectivity index (χ3v) is 3.59. The van der Waals surface area contributed by atoms with Crippen molar-refractivity contribution >= 4 is 17.6 Å². The molecule has 1 atom stereocenters. The predicted octanol–water partition coefficient (Wildman–Crippen LogP) is 3.38. The lowest BCUT2D eigenvalue weighted by Crippen LogP contribution is -2.44. The number of halogens is 3. The molecule has 0 spiro atoms. The van der Waals surface area contributed by atoms with E-state index < -0.39 is 30.5 Å². The summed E-state index contributed by atoms with van der Waals surface area (Å²) < 4.78 is 37.3. The zero-order valence-corrected chi connectivity index (χ0v) is 11.9. The van der Waals surface area contributed by atoms with Gasteiger partial charge in [-0.15, -0.1) is 0 Å². The van der Waals surface area contributed by atoms with Crippen LogP contribution in [-0.4, -0.2) is 35.8 Å². The number of carboxylic acid groups (broad SMARTS) is 1. The highest BCUT2D eigenvalue weighted by atomic mass is 35.5. The van der Waals surface area contributed by atoms with E-state index in [1.54, 1.807) is 24.3 Å². The monoisotopic (exact) mass is 320 g/mol. The molecule has 1 unspecified atom stereocenters. The van der Waals surface area contributed by atoms with Gasteiger partial charge in [0.2, 0.25) is 0 Å². The third kappa shape index (κ3) is 3.63. The van der Waals surface area contributed by atoms with Crippen LogP contribution in [0.25, 0.3) is 0 Å². The summed E-state index contributed by atoms with van der Waals surface area (Å²) in [6, 6.07) is 6.72. The number of carboxylic acids is 1. The van der Waals surface area contributed by atoms with Gasteiger partial charge in [-0.1, -0.05) is 11.6 Å². The fourth-order valence-corrected chi connectivity index (χ4v) is 2.06. The highest BCUT2D eigenvalue weighted by Crippen LogP contribution is 2.45. The van der Waals surface area contributed by atoms with Crippen LogP contribution in [0.5, 0.6) is 5.75 Å². The Morgan fingerprint density at radius 3 is 2.52 bits per heavy atom. The van der Waals surface area contributed by atoms with Crippen LogP contribution < -0.4 is 4.74 Å². The van der Waals surface area contributed by atoms with Crippen molar-refractivity contribution in [1.29, 1.82) is 0 Å². The lowest BCUT2D eigenvalue weighted by atomic mass is 9.97. The highest BCUT2D eigenvalue weighted by molar-refractivity contribution is 6.30. The molecule has 1 aromatic carbocycles. The Labute approximate surface area is 125 Å². The highest BCUT2D eigenvalue weighted by Gasteiger charge is 2.69. The summed E-state index contributed by atoms with van der Waals surface area (Å²) >= 11 is 5.72. The van der Waals surface area contributed by atoms with Crippen LogP contribution in [-0.2, 0) is 9.53 Å². The first kappa shape index (κ1) is 16.0. The van der Waals surface area contributed by atoms with Crippen molar-refractivity contribution < 1.29 is 28.2 Å². The van der Waals surface area contributed by atoms with Crippen LogP contribution in [0, 0.1) is 0 Å². The maximum Gasteiger partial charge on any atom is 0.344 e. The van der Waals surface area contributed by atoms with Crippen molar-refractivity contribution in [2.24, 2.45) is 0 Å². The number of benzene rings is 1. The number of carbonyl (C=O) groups is 1. The molecule has 1 aromatic rings. The predicted molar refractivity (Wildman–Crippen MR) is 72.1 cm³/mol. The minimum absolute atomic E-state index is 0.152. The topological polar surface area (TPSA) is 59.1 Å². The molecule has 0 aromatic heterocycles. The summed E-state index contributed by atoms with van der Waals surface area (Å²) in [7, 11) is 0. The number of rotatable bonds is 8. The smallest absolute Gasteiger partial charge is 0.344 e. The Kier molecular flexibility index (Phi) is 4.68. The summed E-state index contributed by atoms with van der Waals surface area (Å²) in [6.45, 7) is -0.157. The fraction of sp³-hybridized carbons (Fsp3) is 0.500. The maximum absolute atomic E-state index is 13.7. The van der Waals surface area contributed by atoms with Gasteiger partial charge in [0.1, 0.15) is 5.75 Å². The fourth-order valence-electron chi connectivity index (χ4n) is 1.94. The number of unbranched alkanes of at least 4 members (excludes halogenated alkanes) is 1. The normalized spacial score (nSPS) is 21.1. The molecule has 1 heterocycles. The molecule has 0 amide bonds. The van der Waals surface area contributed by atoms with E-state index >= 15 is 0 Å². The number of ether oxygens (including phenoxy) is 2. The molecule has 2 rings (SSSR count). The molecule has 4 nitrogen and oxygen atoms in total. The van der Waals surface area contributed by atoms with Crippen LogP contribution in [0.4, 0.5) is 8.78 Å². The summed E-state index contributed by atoms with van der Waals surface area (Å²) in [6.07, 6.45) is 0.0101. The molecule has 1 N–H and O–H groups in total. The van der Waals surface area contributed by atoms with Gasteiger partial charge in [-0.3, -0.25) is 0 Å². The molecule has 7 heteroatoms. The first-order chi connectivity index (χ1) is 9.87. The number of hydrogen-bond acceptors (Lipinski definition) is 3. The first-order valence-electron chi connectivity index (χ1n) is 6.51. The molecule has 0 bridgehead atoms. The quantitative estimate of drug-likeness (QED) is 0.589. The van der Waals surface area contributed by atoms with E-state index in [0.29, 0.717) is 17.2 Å². The van der Waals surface area contributed by atoms with Gasteiger partial charge >= 0.3 is 5.97 Å². The molecule has 0 radical (unpaired) electrons. The van der Waals surface area contributed by atoms with Gasteiger partial charge in [-0.05, 0) is 37.1 Å². The number of hydrogen-bond donors (Lipinski definition) is 1. The largest absolute Gasteiger partial charge is 0.494 e. The van der Waals surface area contributed by atoms with Crippen molar-refractivity contribution in [2.45, 2.75) is 30.8 Å². The standard InChI is InChI=1S/C14H15ClF2O4/c15-10-3-5-11(6-4-10)20-8-2-1-7-14(16,17)13(9-21-13)12(18)19/h3-6H,1-2,7-9H2,(H,18,19). The third-order valence-electron chi connectivity index (χ3n) is 3.34. The molecular formula is C14H15ClF2O4.